The summed E-state index contributed by atoms with van der Waals surface area (Å²) in [6.07, 6.45) is 2.22. The van der Waals surface area contributed by atoms with Gasteiger partial charge in [-0.05, 0) is 90.1 Å². The second-order valence-electron chi connectivity index (χ2n) is 9.23. The van der Waals surface area contributed by atoms with Crippen molar-refractivity contribution in [1.82, 2.24) is 5.32 Å². The monoisotopic (exact) mass is 589 g/mol. The molecule has 41 heavy (non-hydrogen) atoms. The van der Waals surface area contributed by atoms with Gasteiger partial charge in [-0.15, -0.1) is 0 Å². The number of hydrogen-bond acceptors (Lipinski definition) is 5. The molecule has 0 aliphatic rings. The number of nitrogens with one attached hydrogen (secondary N) is 1. The molecule has 0 fully saturated rings. The van der Waals surface area contributed by atoms with Crippen LogP contribution in [0.4, 0.5) is 4.39 Å². The Bertz CT molecular complexity index is 1520. The molecule has 3 aromatic carbocycles. The number of thioether (sulfide) groups is 1. The summed E-state index contributed by atoms with van der Waals surface area (Å²) in [5.74, 6) is -0.235. The number of benzene rings is 3. The van der Waals surface area contributed by atoms with Crippen molar-refractivity contribution in [3.63, 3.8) is 0 Å². The molecule has 4 rings (SSSR count). The Balaban J connectivity index is 0.00000308. The van der Waals surface area contributed by atoms with Crippen LogP contribution in [0.5, 0.6) is 0 Å². The molecule has 6 nitrogen and oxygen atoms in total. The van der Waals surface area contributed by atoms with Crippen LogP contribution in [0.3, 0.4) is 0 Å². The van der Waals surface area contributed by atoms with Crippen molar-refractivity contribution in [2.75, 3.05) is 12.0 Å². The first-order valence-electron chi connectivity index (χ1n) is 12.6. The number of furan rings is 1. The van der Waals surface area contributed by atoms with E-state index in [1.807, 2.05) is 43.5 Å². The van der Waals surface area contributed by atoms with Gasteiger partial charge in [-0.25, -0.2) is 9.18 Å². The fourth-order valence-corrected chi connectivity index (χ4v) is 4.89. The maximum Gasteiger partial charge on any atom is 1.00 e. The van der Waals surface area contributed by atoms with Crippen molar-refractivity contribution in [2.45, 2.75) is 32.6 Å². The van der Waals surface area contributed by atoms with Crippen LogP contribution in [-0.4, -0.2) is 35.0 Å². The Morgan fingerprint density at radius 2 is 1.85 bits per heavy atom. The predicted octanol–water partition coefficient (Wildman–Crippen LogP) is 4.48. The molecule has 4 aromatic rings. The third-order valence-corrected chi connectivity index (χ3v) is 7.29. The largest absolute Gasteiger partial charge is 1.00 e. The number of aryl methyl sites for hydroxylation is 1. The molecule has 1 amide bonds. The normalized spacial score (nSPS) is 11.5. The van der Waals surface area contributed by atoms with Gasteiger partial charge >= 0.3 is 24.8 Å². The fraction of sp³-hybridized carbons (Fsp3) is 0.226. The van der Waals surface area contributed by atoms with Gasteiger partial charge in [0, 0.05) is 11.1 Å². The number of rotatable bonds is 12. The molecule has 0 aliphatic heterocycles. The van der Waals surface area contributed by atoms with E-state index < -0.39 is 23.7 Å². The van der Waals surface area contributed by atoms with E-state index in [4.69, 9.17) is 20.8 Å². The summed E-state index contributed by atoms with van der Waals surface area (Å²) >= 11 is 7.41. The van der Waals surface area contributed by atoms with Crippen LogP contribution in [0.1, 0.15) is 35.1 Å². The van der Waals surface area contributed by atoms with Crippen LogP contribution >= 0.6 is 23.4 Å². The second kappa shape index (κ2) is 15.3. The van der Waals surface area contributed by atoms with Crippen molar-refractivity contribution < 1.29 is 48.5 Å². The van der Waals surface area contributed by atoms with E-state index in [9.17, 15) is 19.1 Å². The van der Waals surface area contributed by atoms with Crippen LogP contribution < -0.4 is 24.2 Å². The number of aliphatic carboxylic acids is 1. The molecule has 0 saturated carbocycles. The molecule has 0 aliphatic carbocycles. The van der Waals surface area contributed by atoms with E-state index >= 15 is 0 Å². The average molecular weight is 590 g/mol. The Morgan fingerprint density at radius 1 is 1.07 bits per heavy atom. The van der Waals surface area contributed by atoms with Crippen molar-refractivity contribution in [3.8, 4) is 22.5 Å². The molecule has 0 radical (unpaired) electrons. The van der Waals surface area contributed by atoms with Crippen LogP contribution in [0.25, 0.3) is 22.5 Å². The molecule has 0 bridgehead atoms. The Labute approximate surface area is 261 Å². The molecule has 1 aromatic heterocycles. The van der Waals surface area contributed by atoms with Gasteiger partial charge in [-0.3, -0.25) is 4.79 Å². The number of carboxylic acids is 1. The minimum atomic E-state index is -1.06. The maximum atomic E-state index is 13.5. The number of carboxylic acid groups (broad SMARTS) is 1. The third kappa shape index (κ3) is 8.51. The summed E-state index contributed by atoms with van der Waals surface area (Å²) < 4.78 is 25.2. The minimum absolute atomic E-state index is 0. The molecular weight excluding hydrogens is 560 g/mol. The molecule has 0 saturated heterocycles. The van der Waals surface area contributed by atoms with Gasteiger partial charge in [-0.1, -0.05) is 41.9 Å². The fourth-order valence-electron chi connectivity index (χ4n) is 4.24. The Kier molecular flexibility index (Phi) is 12.1. The number of hydrogen-bond donors (Lipinski definition) is 2. The Hall–Kier alpha value is -2.99. The summed E-state index contributed by atoms with van der Waals surface area (Å²) in [6, 6.07) is 20.1. The van der Waals surface area contributed by atoms with Crippen LogP contribution in [-0.2, 0) is 22.7 Å². The second-order valence-corrected chi connectivity index (χ2v) is 10.6. The van der Waals surface area contributed by atoms with E-state index in [-0.39, 0.29) is 38.5 Å². The summed E-state index contributed by atoms with van der Waals surface area (Å²) in [6.45, 7) is 2.42. The predicted molar refractivity (Wildman–Crippen MR) is 157 cm³/mol. The Morgan fingerprint density at radius 3 is 2.56 bits per heavy atom. The van der Waals surface area contributed by atoms with E-state index in [1.54, 1.807) is 30.3 Å². The third-order valence-electron chi connectivity index (χ3n) is 6.36. The van der Waals surface area contributed by atoms with Gasteiger partial charge in [0.25, 0.3) is 5.91 Å². The van der Waals surface area contributed by atoms with Crippen LogP contribution in [0.2, 0.25) is 5.02 Å². The average Bonchev–Trinajstić information content (AvgIpc) is 3.41. The zero-order valence-corrected chi connectivity index (χ0v) is 24.7. The standard InChI is InChI=1S/C31H29ClFNO5S.Li.H/c1-19-5-3-4-6-23(19)25-15-20(7-10-24(25)30(35)34-28(31(36)37)13-14-40-2)17-38-18-22-9-12-29(39-22)21-8-11-27(33)26(32)16-21;;/h3-12,15-16,28H,13-14,17-18H2,1-2H3,(H,34,35)(H,36,37);;/q;+1;-1. The van der Waals surface area contributed by atoms with Gasteiger partial charge in [-0.2, -0.15) is 11.8 Å². The van der Waals surface area contributed by atoms with E-state index in [0.717, 1.165) is 16.7 Å². The maximum absolute atomic E-state index is 13.5. The zero-order chi connectivity index (χ0) is 28.6. The summed E-state index contributed by atoms with van der Waals surface area (Å²) in [5.41, 5.74) is 4.44. The van der Waals surface area contributed by atoms with E-state index in [2.05, 4.69) is 5.32 Å². The molecule has 1 heterocycles. The number of carbonyl (C=O) groups is 2. The summed E-state index contributed by atoms with van der Waals surface area (Å²) in [5, 5.41) is 12.3. The molecular formula is C31H30ClFLiNO5S. The topological polar surface area (TPSA) is 88.8 Å². The summed E-state index contributed by atoms with van der Waals surface area (Å²) in [4.78, 5) is 25.0. The van der Waals surface area contributed by atoms with Crippen molar-refractivity contribution >= 4 is 35.2 Å². The van der Waals surface area contributed by atoms with Gasteiger partial charge in [0.2, 0.25) is 0 Å². The first-order chi connectivity index (χ1) is 19.3. The van der Waals surface area contributed by atoms with Gasteiger partial charge in [0.1, 0.15) is 30.0 Å². The number of carbonyl (C=O) groups excluding carboxylic acids is 1. The molecule has 10 heteroatoms. The first kappa shape index (κ1) is 32.5. The van der Waals surface area contributed by atoms with E-state index in [0.29, 0.717) is 40.4 Å². The van der Waals surface area contributed by atoms with Crippen LogP contribution in [0.15, 0.2) is 77.2 Å². The van der Waals surface area contributed by atoms with Crippen molar-refractivity contribution in [1.29, 1.82) is 0 Å². The van der Waals surface area contributed by atoms with E-state index in [1.165, 1.54) is 23.9 Å². The molecule has 1 atom stereocenters. The number of amides is 1. The zero-order valence-electron chi connectivity index (χ0n) is 24.1. The van der Waals surface area contributed by atoms with Gasteiger partial charge < -0.3 is 21.0 Å². The van der Waals surface area contributed by atoms with Gasteiger partial charge in [0.05, 0.1) is 11.6 Å². The SMILES string of the molecule is CSCCC(NC(=O)c1ccc(COCc2ccc(-c3ccc(F)c(Cl)c3)o2)cc1-c1ccccc1C)C(=O)O.[H-].[Li+]. The molecule has 2 N–H and O–H groups in total. The quantitative estimate of drug-likeness (QED) is 0.237. The minimum Gasteiger partial charge on any atom is -1.00 e. The summed E-state index contributed by atoms with van der Waals surface area (Å²) in [7, 11) is 0. The van der Waals surface area contributed by atoms with Crippen molar-refractivity contribution in [3.05, 3.63) is 106 Å². The first-order valence-corrected chi connectivity index (χ1v) is 14.4. The van der Waals surface area contributed by atoms with Crippen molar-refractivity contribution in [2.24, 2.45) is 0 Å². The number of halogens is 2. The van der Waals surface area contributed by atoms with Crippen LogP contribution in [0, 0.1) is 12.7 Å². The molecule has 210 valence electrons. The molecule has 0 spiro atoms. The molecule has 1 unspecified atom stereocenters. The smallest absolute Gasteiger partial charge is 1.00 e. The number of ether oxygens (including phenoxy) is 1. The van der Waals surface area contributed by atoms with Gasteiger partial charge in [0.15, 0.2) is 0 Å².